The van der Waals surface area contributed by atoms with Crippen LogP contribution in [0.1, 0.15) is 33.6 Å². The predicted molar refractivity (Wildman–Crippen MR) is 56.4 cm³/mol. The van der Waals surface area contributed by atoms with Gasteiger partial charge in [-0.1, -0.05) is 0 Å². The van der Waals surface area contributed by atoms with E-state index in [1.54, 1.807) is 0 Å². The van der Waals surface area contributed by atoms with Crippen molar-refractivity contribution in [3.8, 4) is 0 Å². The van der Waals surface area contributed by atoms with Gasteiger partial charge in [-0.25, -0.2) is 0 Å². The molecule has 0 aromatic carbocycles. The molecule has 1 aliphatic heterocycles. The molecule has 3 heteroatoms. The third-order valence-electron chi connectivity index (χ3n) is 2.48. The van der Waals surface area contributed by atoms with Crippen LogP contribution in [0.4, 0.5) is 0 Å². The first kappa shape index (κ1) is 11.3. The van der Waals surface area contributed by atoms with E-state index in [1.165, 1.54) is 0 Å². The Morgan fingerprint density at radius 2 is 2.31 bits per heavy atom. The van der Waals surface area contributed by atoms with Gasteiger partial charge in [0.15, 0.2) is 0 Å². The summed E-state index contributed by atoms with van der Waals surface area (Å²) >= 11 is 5.69. The summed E-state index contributed by atoms with van der Waals surface area (Å²) in [4.78, 5) is 0. The molecule has 1 rings (SSSR count). The van der Waals surface area contributed by atoms with Crippen molar-refractivity contribution in [2.24, 2.45) is 0 Å². The van der Waals surface area contributed by atoms with Gasteiger partial charge in [0.05, 0.1) is 11.7 Å². The summed E-state index contributed by atoms with van der Waals surface area (Å²) in [6.45, 7) is 7.32. The van der Waals surface area contributed by atoms with Crippen molar-refractivity contribution >= 4 is 11.6 Å². The zero-order valence-electron chi connectivity index (χ0n) is 8.77. The minimum Gasteiger partial charge on any atom is -0.371 e. The molecule has 0 amide bonds. The first-order chi connectivity index (χ1) is 6.03. The zero-order chi connectivity index (χ0) is 9.90. The van der Waals surface area contributed by atoms with Gasteiger partial charge in [-0.15, -0.1) is 11.6 Å². The fourth-order valence-electron chi connectivity index (χ4n) is 1.61. The van der Waals surface area contributed by atoms with Crippen LogP contribution in [0.15, 0.2) is 0 Å². The highest BCUT2D eigenvalue weighted by Gasteiger charge is 2.31. The molecule has 0 aliphatic carbocycles. The van der Waals surface area contributed by atoms with Crippen molar-refractivity contribution in [3.05, 3.63) is 0 Å². The Kier molecular flexibility index (Phi) is 4.02. The van der Waals surface area contributed by atoms with Crippen LogP contribution < -0.4 is 5.32 Å². The second kappa shape index (κ2) is 4.63. The number of rotatable bonds is 4. The van der Waals surface area contributed by atoms with Crippen LogP contribution in [0.25, 0.3) is 0 Å². The highest BCUT2D eigenvalue weighted by molar-refractivity contribution is 6.18. The number of ether oxygens (including phenoxy) is 1. The van der Waals surface area contributed by atoms with Crippen LogP contribution in [-0.4, -0.2) is 30.2 Å². The fourth-order valence-corrected chi connectivity index (χ4v) is 1.72. The van der Waals surface area contributed by atoms with Crippen LogP contribution in [0.2, 0.25) is 0 Å². The third kappa shape index (κ3) is 3.84. The molecule has 1 heterocycles. The number of hydrogen-bond donors (Lipinski definition) is 1. The monoisotopic (exact) mass is 205 g/mol. The topological polar surface area (TPSA) is 21.3 Å². The summed E-state index contributed by atoms with van der Waals surface area (Å²) in [5.74, 6) is 0.663. The lowest BCUT2D eigenvalue weighted by atomic mass is 10.1. The van der Waals surface area contributed by atoms with Crippen molar-refractivity contribution in [1.82, 2.24) is 5.32 Å². The Bertz CT molecular complexity index is 161. The highest BCUT2D eigenvalue weighted by Crippen LogP contribution is 2.28. The normalized spacial score (nSPS) is 29.1. The zero-order valence-corrected chi connectivity index (χ0v) is 9.53. The van der Waals surface area contributed by atoms with E-state index in [2.05, 4.69) is 26.1 Å². The van der Waals surface area contributed by atoms with Gasteiger partial charge >= 0.3 is 0 Å². The van der Waals surface area contributed by atoms with E-state index >= 15 is 0 Å². The summed E-state index contributed by atoms with van der Waals surface area (Å²) in [6, 6.07) is 0.383. The minimum absolute atomic E-state index is 0.0799. The van der Waals surface area contributed by atoms with Crippen LogP contribution in [-0.2, 0) is 4.74 Å². The molecule has 0 bridgehead atoms. The number of hydrogen-bond acceptors (Lipinski definition) is 2. The van der Waals surface area contributed by atoms with Crippen molar-refractivity contribution in [2.45, 2.75) is 51.4 Å². The Morgan fingerprint density at radius 3 is 2.77 bits per heavy atom. The molecule has 2 atom stereocenters. The fraction of sp³-hybridized carbons (Fsp3) is 1.00. The average molecular weight is 206 g/mol. The van der Waals surface area contributed by atoms with Gasteiger partial charge in [0.2, 0.25) is 0 Å². The highest BCUT2D eigenvalue weighted by atomic mass is 35.5. The van der Waals surface area contributed by atoms with Gasteiger partial charge in [-0.2, -0.15) is 0 Å². The maximum absolute atomic E-state index is 5.84. The molecule has 2 nitrogen and oxygen atoms in total. The number of halogens is 1. The molecule has 1 saturated heterocycles. The van der Waals surface area contributed by atoms with Crippen LogP contribution in [0, 0.1) is 0 Å². The van der Waals surface area contributed by atoms with Crippen LogP contribution in [0.3, 0.4) is 0 Å². The van der Waals surface area contributed by atoms with E-state index in [1.807, 2.05) is 0 Å². The third-order valence-corrected chi connectivity index (χ3v) is 2.94. The molecule has 78 valence electrons. The molecule has 0 aromatic rings. The maximum atomic E-state index is 5.84. The van der Waals surface area contributed by atoms with Gasteiger partial charge in [-0.3, -0.25) is 0 Å². The Labute approximate surface area is 86.0 Å². The largest absolute Gasteiger partial charge is 0.371 e. The van der Waals surface area contributed by atoms with E-state index in [0.29, 0.717) is 18.0 Å². The molecule has 1 aliphatic rings. The van der Waals surface area contributed by atoms with Crippen molar-refractivity contribution < 1.29 is 4.74 Å². The molecule has 13 heavy (non-hydrogen) atoms. The lowest BCUT2D eigenvalue weighted by molar-refractivity contribution is -0.0147. The average Bonchev–Trinajstić information content (AvgIpc) is 2.41. The standard InChI is InChI=1S/C10H20ClNO/c1-8(6-11)12-7-9-4-5-10(2,3)13-9/h8-9,12H,4-7H2,1-3H3. The van der Waals surface area contributed by atoms with Gasteiger partial charge < -0.3 is 10.1 Å². The minimum atomic E-state index is 0.0799. The second-order valence-corrected chi connectivity index (χ2v) is 4.81. The lowest BCUT2D eigenvalue weighted by Gasteiger charge is -2.20. The first-order valence-corrected chi connectivity index (χ1v) is 5.54. The second-order valence-electron chi connectivity index (χ2n) is 4.50. The molecule has 0 radical (unpaired) electrons. The quantitative estimate of drug-likeness (QED) is 0.711. The van der Waals surface area contributed by atoms with Crippen LogP contribution >= 0.6 is 11.6 Å². The van der Waals surface area contributed by atoms with Crippen molar-refractivity contribution in [3.63, 3.8) is 0 Å². The van der Waals surface area contributed by atoms with Crippen molar-refractivity contribution in [2.75, 3.05) is 12.4 Å². The van der Waals surface area contributed by atoms with Crippen molar-refractivity contribution in [1.29, 1.82) is 0 Å². The summed E-state index contributed by atoms with van der Waals surface area (Å²) in [7, 11) is 0. The first-order valence-electron chi connectivity index (χ1n) is 5.00. The van der Waals surface area contributed by atoms with Crippen LogP contribution in [0.5, 0.6) is 0 Å². The number of alkyl halides is 1. The summed E-state index contributed by atoms with van der Waals surface area (Å²) < 4.78 is 5.84. The predicted octanol–water partition coefficient (Wildman–Crippen LogP) is 2.16. The van der Waals surface area contributed by atoms with Gasteiger partial charge in [0, 0.05) is 18.5 Å². The molecule has 0 spiro atoms. The molecule has 0 aromatic heterocycles. The van der Waals surface area contributed by atoms with E-state index in [-0.39, 0.29) is 5.60 Å². The lowest BCUT2D eigenvalue weighted by Crippen LogP contribution is -2.35. The van der Waals surface area contributed by atoms with Gasteiger partial charge in [-0.05, 0) is 33.6 Å². The maximum Gasteiger partial charge on any atom is 0.0707 e. The summed E-state index contributed by atoms with van der Waals surface area (Å²) in [5, 5.41) is 3.36. The molecule has 0 saturated carbocycles. The van der Waals surface area contributed by atoms with Gasteiger partial charge in [0.1, 0.15) is 0 Å². The van der Waals surface area contributed by atoms with E-state index < -0.39 is 0 Å². The number of nitrogens with one attached hydrogen (secondary N) is 1. The summed E-state index contributed by atoms with van der Waals surface area (Å²) in [5.41, 5.74) is 0.0799. The SMILES string of the molecule is CC(CCl)NCC1CCC(C)(C)O1. The van der Waals surface area contributed by atoms with Gasteiger partial charge in [0.25, 0.3) is 0 Å². The molecule has 2 unspecified atom stereocenters. The Balaban J connectivity index is 2.17. The molecule has 1 fully saturated rings. The Hall–Kier alpha value is 0.210. The Morgan fingerprint density at radius 1 is 1.62 bits per heavy atom. The van der Waals surface area contributed by atoms with E-state index in [4.69, 9.17) is 16.3 Å². The molecular weight excluding hydrogens is 186 g/mol. The summed E-state index contributed by atoms with van der Waals surface area (Å²) in [6.07, 6.45) is 2.70. The van der Waals surface area contributed by atoms with E-state index in [9.17, 15) is 0 Å². The molecular formula is C10H20ClNO. The van der Waals surface area contributed by atoms with E-state index in [0.717, 1.165) is 19.4 Å². The molecule has 1 N–H and O–H groups in total. The smallest absolute Gasteiger partial charge is 0.0707 e.